The van der Waals surface area contributed by atoms with Gasteiger partial charge < -0.3 is 0 Å². The Balaban J connectivity index is 1.54. The van der Waals surface area contributed by atoms with E-state index >= 15 is 0 Å². The number of hydrogen-bond acceptors (Lipinski definition) is 3. The Hall–Kier alpha value is -0.870. The topological polar surface area (TPSA) is 55.9 Å². The van der Waals surface area contributed by atoms with Crippen molar-refractivity contribution >= 4 is 0 Å². The first-order valence-electron chi connectivity index (χ1n) is 8.35. The molecule has 0 spiro atoms. The SMILES string of the molecule is NNC(Cc1ccn(C2CCCCC2)n1)CC1CCC1. The van der Waals surface area contributed by atoms with E-state index in [4.69, 9.17) is 10.9 Å². The van der Waals surface area contributed by atoms with E-state index in [9.17, 15) is 0 Å². The Kier molecular flexibility index (Phi) is 4.73. The maximum Gasteiger partial charge on any atom is 0.0640 e. The first-order chi connectivity index (χ1) is 9.85. The van der Waals surface area contributed by atoms with E-state index in [0.717, 1.165) is 12.3 Å². The molecular formula is C16H28N4. The van der Waals surface area contributed by atoms with E-state index in [-0.39, 0.29) is 0 Å². The summed E-state index contributed by atoms with van der Waals surface area (Å²) in [6.07, 6.45) is 15.2. The zero-order chi connectivity index (χ0) is 13.8. The van der Waals surface area contributed by atoms with E-state index in [1.807, 2.05) is 0 Å². The highest BCUT2D eigenvalue weighted by atomic mass is 15.3. The summed E-state index contributed by atoms with van der Waals surface area (Å²) < 4.78 is 2.20. The molecule has 3 N–H and O–H groups in total. The summed E-state index contributed by atoms with van der Waals surface area (Å²) in [5, 5.41) is 4.79. The molecule has 0 saturated heterocycles. The molecule has 4 nitrogen and oxygen atoms in total. The van der Waals surface area contributed by atoms with Gasteiger partial charge in [-0.1, -0.05) is 38.5 Å². The predicted molar refractivity (Wildman–Crippen MR) is 81.1 cm³/mol. The van der Waals surface area contributed by atoms with Crippen LogP contribution in [0.25, 0.3) is 0 Å². The van der Waals surface area contributed by atoms with Gasteiger partial charge in [-0.15, -0.1) is 0 Å². The van der Waals surface area contributed by atoms with Crippen LogP contribution in [0.2, 0.25) is 0 Å². The van der Waals surface area contributed by atoms with Crippen LogP contribution in [-0.4, -0.2) is 15.8 Å². The zero-order valence-corrected chi connectivity index (χ0v) is 12.4. The molecule has 2 saturated carbocycles. The molecule has 0 amide bonds. The van der Waals surface area contributed by atoms with Crippen LogP contribution in [0, 0.1) is 5.92 Å². The van der Waals surface area contributed by atoms with Crippen molar-refractivity contribution in [3.8, 4) is 0 Å². The summed E-state index contributed by atoms with van der Waals surface area (Å²) in [5.41, 5.74) is 4.18. The second kappa shape index (κ2) is 6.72. The van der Waals surface area contributed by atoms with Crippen LogP contribution in [0.15, 0.2) is 12.3 Å². The summed E-state index contributed by atoms with van der Waals surface area (Å²) in [7, 11) is 0. The average Bonchev–Trinajstić information content (AvgIpc) is 2.91. The van der Waals surface area contributed by atoms with Crippen molar-refractivity contribution in [3.63, 3.8) is 0 Å². The largest absolute Gasteiger partial charge is 0.271 e. The number of rotatable bonds is 6. The fraction of sp³-hybridized carbons (Fsp3) is 0.812. The molecule has 2 fully saturated rings. The molecule has 1 atom stereocenters. The molecule has 4 heteroatoms. The quantitative estimate of drug-likeness (QED) is 0.620. The van der Waals surface area contributed by atoms with Gasteiger partial charge in [0.2, 0.25) is 0 Å². The van der Waals surface area contributed by atoms with Gasteiger partial charge in [0.05, 0.1) is 11.7 Å². The molecule has 0 bridgehead atoms. The molecule has 1 aromatic heterocycles. The van der Waals surface area contributed by atoms with Gasteiger partial charge in [-0.25, -0.2) is 0 Å². The van der Waals surface area contributed by atoms with Gasteiger partial charge in [0, 0.05) is 18.7 Å². The Morgan fingerprint density at radius 2 is 2.00 bits per heavy atom. The minimum atomic E-state index is 0.384. The zero-order valence-electron chi connectivity index (χ0n) is 12.4. The van der Waals surface area contributed by atoms with E-state index in [1.54, 1.807) is 0 Å². The van der Waals surface area contributed by atoms with Crippen molar-refractivity contribution < 1.29 is 0 Å². The second-order valence-corrected chi connectivity index (χ2v) is 6.68. The third-order valence-corrected chi connectivity index (χ3v) is 5.15. The van der Waals surface area contributed by atoms with Crippen LogP contribution in [0.1, 0.15) is 69.5 Å². The van der Waals surface area contributed by atoms with Crippen LogP contribution in [0.5, 0.6) is 0 Å². The Labute approximate surface area is 122 Å². The third kappa shape index (κ3) is 3.41. The van der Waals surface area contributed by atoms with E-state index in [2.05, 4.69) is 22.4 Å². The lowest BCUT2D eigenvalue weighted by atomic mass is 9.80. The van der Waals surface area contributed by atoms with Crippen molar-refractivity contribution in [1.82, 2.24) is 15.2 Å². The number of nitrogens with two attached hydrogens (primary N) is 1. The van der Waals surface area contributed by atoms with Crippen molar-refractivity contribution in [3.05, 3.63) is 18.0 Å². The van der Waals surface area contributed by atoms with Crippen LogP contribution in [-0.2, 0) is 6.42 Å². The smallest absolute Gasteiger partial charge is 0.0640 e. The number of aromatic nitrogens is 2. The standard InChI is InChI=1S/C16H28N4/c17-18-15(11-13-5-4-6-13)12-14-9-10-20(19-14)16-7-2-1-3-8-16/h9-10,13,15-16,18H,1-8,11-12,17H2. The molecule has 112 valence electrons. The molecule has 0 aliphatic heterocycles. The molecule has 20 heavy (non-hydrogen) atoms. The van der Waals surface area contributed by atoms with Crippen molar-refractivity contribution in [2.45, 2.75) is 76.3 Å². The van der Waals surface area contributed by atoms with Gasteiger partial charge in [0.1, 0.15) is 0 Å². The first kappa shape index (κ1) is 14.1. The molecule has 3 rings (SSSR count). The van der Waals surface area contributed by atoms with E-state index in [0.29, 0.717) is 12.1 Å². The predicted octanol–water partition coefficient (Wildman–Crippen LogP) is 2.95. The summed E-state index contributed by atoms with van der Waals surface area (Å²) in [6, 6.07) is 3.20. The maximum atomic E-state index is 5.71. The summed E-state index contributed by atoms with van der Waals surface area (Å²) >= 11 is 0. The van der Waals surface area contributed by atoms with Gasteiger partial charge in [-0.05, 0) is 31.2 Å². The number of nitrogens with one attached hydrogen (secondary N) is 1. The Morgan fingerprint density at radius 3 is 2.65 bits per heavy atom. The summed E-state index contributed by atoms with van der Waals surface area (Å²) in [6.45, 7) is 0. The lowest BCUT2D eigenvalue weighted by Crippen LogP contribution is -2.39. The molecule has 1 aromatic rings. The fourth-order valence-corrected chi connectivity index (χ4v) is 3.63. The summed E-state index contributed by atoms with van der Waals surface area (Å²) in [4.78, 5) is 0. The van der Waals surface area contributed by atoms with Gasteiger partial charge in [-0.3, -0.25) is 16.0 Å². The molecule has 2 aliphatic rings. The monoisotopic (exact) mass is 276 g/mol. The van der Waals surface area contributed by atoms with Crippen molar-refractivity contribution in [2.24, 2.45) is 11.8 Å². The lowest BCUT2D eigenvalue weighted by Gasteiger charge is -2.29. The molecule has 1 unspecified atom stereocenters. The molecule has 0 radical (unpaired) electrons. The highest BCUT2D eigenvalue weighted by molar-refractivity contribution is 5.03. The fourth-order valence-electron chi connectivity index (χ4n) is 3.63. The second-order valence-electron chi connectivity index (χ2n) is 6.68. The van der Waals surface area contributed by atoms with Gasteiger partial charge >= 0.3 is 0 Å². The molecular weight excluding hydrogens is 248 g/mol. The Morgan fingerprint density at radius 1 is 1.20 bits per heavy atom. The minimum Gasteiger partial charge on any atom is -0.271 e. The van der Waals surface area contributed by atoms with Gasteiger partial charge in [0.15, 0.2) is 0 Å². The van der Waals surface area contributed by atoms with Crippen molar-refractivity contribution in [2.75, 3.05) is 0 Å². The van der Waals surface area contributed by atoms with E-state index in [1.165, 1.54) is 63.5 Å². The lowest BCUT2D eigenvalue weighted by molar-refractivity contribution is 0.258. The molecule has 1 heterocycles. The summed E-state index contributed by atoms with van der Waals surface area (Å²) in [5.74, 6) is 6.60. The third-order valence-electron chi connectivity index (χ3n) is 5.15. The highest BCUT2D eigenvalue weighted by Gasteiger charge is 2.22. The first-order valence-corrected chi connectivity index (χ1v) is 8.35. The van der Waals surface area contributed by atoms with Crippen molar-refractivity contribution in [1.29, 1.82) is 0 Å². The molecule has 2 aliphatic carbocycles. The molecule has 0 aromatic carbocycles. The van der Waals surface area contributed by atoms with E-state index < -0.39 is 0 Å². The van der Waals surface area contributed by atoms with Crippen LogP contribution >= 0.6 is 0 Å². The Bertz CT molecular complexity index is 404. The van der Waals surface area contributed by atoms with Crippen LogP contribution in [0.4, 0.5) is 0 Å². The highest BCUT2D eigenvalue weighted by Crippen LogP contribution is 2.31. The minimum absolute atomic E-state index is 0.384. The van der Waals surface area contributed by atoms with Crippen LogP contribution < -0.4 is 11.3 Å². The van der Waals surface area contributed by atoms with Gasteiger partial charge in [0.25, 0.3) is 0 Å². The number of hydrazine groups is 1. The normalized spacial score (nSPS) is 22.6. The number of hydrogen-bond donors (Lipinski definition) is 2. The van der Waals surface area contributed by atoms with Gasteiger partial charge in [-0.2, -0.15) is 5.10 Å². The number of nitrogens with zero attached hydrogens (tertiary/aromatic N) is 2. The maximum absolute atomic E-state index is 5.71. The van der Waals surface area contributed by atoms with Crippen LogP contribution in [0.3, 0.4) is 0 Å². The average molecular weight is 276 g/mol.